The highest BCUT2D eigenvalue weighted by molar-refractivity contribution is 6.44. The van der Waals surface area contributed by atoms with E-state index in [1.807, 2.05) is 0 Å². The van der Waals surface area contributed by atoms with E-state index in [9.17, 15) is 9.59 Å². The van der Waals surface area contributed by atoms with Gasteiger partial charge in [-0.1, -0.05) is 46.0 Å². The summed E-state index contributed by atoms with van der Waals surface area (Å²) in [6, 6.07) is 9.57. The third-order valence-corrected chi connectivity index (χ3v) is 4.14. The van der Waals surface area contributed by atoms with Crippen LogP contribution in [-0.4, -0.2) is 31.7 Å². The van der Waals surface area contributed by atoms with Crippen LogP contribution in [0.1, 0.15) is 0 Å². The Balaban J connectivity index is 1.83. The van der Waals surface area contributed by atoms with Crippen LogP contribution in [0.3, 0.4) is 0 Å². The van der Waals surface area contributed by atoms with Crippen LogP contribution in [0.15, 0.2) is 41.6 Å². The van der Waals surface area contributed by atoms with Crippen molar-refractivity contribution in [3.63, 3.8) is 0 Å². The first kappa shape index (κ1) is 20.8. The van der Waals surface area contributed by atoms with E-state index in [-0.39, 0.29) is 5.02 Å². The summed E-state index contributed by atoms with van der Waals surface area (Å²) in [5.74, 6) is -0.679. The summed E-state index contributed by atoms with van der Waals surface area (Å²) in [4.78, 5) is 28.4. The molecule has 10 heteroatoms. The number of halogens is 3. The number of ether oxygens (including phenoxy) is 1. The number of amides is 2. The smallest absolute Gasteiger partial charge is 0.270 e. The van der Waals surface area contributed by atoms with Crippen molar-refractivity contribution in [3.8, 4) is 5.75 Å². The van der Waals surface area contributed by atoms with Gasteiger partial charge in [0, 0.05) is 5.02 Å². The molecule has 142 valence electrons. The van der Waals surface area contributed by atoms with Gasteiger partial charge in [-0.15, -0.1) is 0 Å². The van der Waals surface area contributed by atoms with Gasteiger partial charge in [0.15, 0.2) is 6.61 Å². The van der Waals surface area contributed by atoms with E-state index in [0.717, 1.165) is 6.21 Å². The number of hydrogen-bond donors (Lipinski definition) is 2. The molecule has 7 nitrogen and oxygen atoms in total. The molecule has 0 spiro atoms. The van der Waals surface area contributed by atoms with E-state index >= 15 is 0 Å². The summed E-state index contributed by atoms with van der Waals surface area (Å²) in [5.41, 5.74) is 0.710. The molecule has 0 heterocycles. The van der Waals surface area contributed by atoms with Crippen LogP contribution < -0.4 is 15.4 Å². The molecule has 0 aromatic heterocycles. The van der Waals surface area contributed by atoms with Gasteiger partial charge in [0.2, 0.25) is 0 Å². The Morgan fingerprint density at radius 3 is 2.63 bits per heavy atom. The molecular weight excluding hydrogens is 417 g/mol. The van der Waals surface area contributed by atoms with Gasteiger partial charge in [-0.25, -0.2) is 0 Å². The molecule has 0 bridgehead atoms. The Morgan fingerprint density at radius 2 is 1.89 bits per heavy atom. The molecule has 2 N–H and O–H groups in total. The van der Waals surface area contributed by atoms with Gasteiger partial charge in [0.1, 0.15) is 12.0 Å². The molecule has 2 rings (SSSR count). The number of nitrogens with zero attached hydrogens (tertiary/aromatic N) is 1. The molecule has 0 atom stereocenters. The van der Waals surface area contributed by atoms with Gasteiger partial charge >= 0.3 is 0 Å². The van der Waals surface area contributed by atoms with Crippen molar-refractivity contribution in [3.05, 3.63) is 51.5 Å². The Kier molecular flexibility index (Phi) is 7.72. The first-order chi connectivity index (χ1) is 12.9. The SMILES string of the molecule is COc1ccc(Cl)cc1NC(=O)/C=N/OCC(=O)Nc1cccc(Cl)c1Cl. The third kappa shape index (κ3) is 6.32. The van der Waals surface area contributed by atoms with Crippen LogP contribution in [0.4, 0.5) is 11.4 Å². The first-order valence-electron chi connectivity index (χ1n) is 7.44. The third-order valence-electron chi connectivity index (χ3n) is 3.09. The monoisotopic (exact) mass is 429 g/mol. The Labute approximate surface area is 170 Å². The van der Waals surface area contributed by atoms with Gasteiger partial charge in [-0.2, -0.15) is 0 Å². The Bertz CT molecular complexity index is 874. The zero-order valence-corrected chi connectivity index (χ0v) is 16.2. The maximum atomic E-state index is 11.8. The van der Waals surface area contributed by atoms with Gasteiger partial charge in [0.25, 0.3) is 11.8 Å². The predicted octanol–water partition coefficient (Wildman–Crippen LogP) is 4.24. The molecule has 0 saturated carbocycles. The van der Waals surface area contributed by atoms with Crippen LogP contribution in [-0.2, 0) is 14.4 Å². The lowest BCUT2D eigenvalue weighted by Gasteiger charge is -2.08. The fourth-order valence-corrected chi connectivity index (χ4v) is 2.43. The van der Waals surface area contributed by atoms with Crippen LogP contribution in [0.2, 0.25) is 15.1 Å². The number of nitrogens with one attached hydrogen (secondary N) is 2. The van der Waals surface area contributed by atoms with Crippen LogP contribution in [0, 0.1) is 0 Å². The van der Waals surface area contributed by atoms with E-state index in [0.29, 0.717) is 27.2 Å². The van der Waals surface area contributed by atoms with Crippen LogP contribution >= 0.6 is 34.8 Å². The maximum absolute atomic E-state index is 11.8. The van der Waals surface area contributed by atoms with Crippen molar-refractivity contribution in [2.75, 3.05) is 24.4 Å². The summed E-state index contributed by atoms with van der Waals surface area (Å²) >= 11 is 17.7. The Morgan fingerprint density at radius 1 is 1.11 bits per heavy atom. The lowest BCUT2D eigenvalue weighted by Crippen LogP contribution is -2.18. The van der Waals surface area contributed by atoms with E-state index in [1.165, 1.54) is 13.2 Å². The standard InChI is InChI=1S/C17H14Cl3N3O4/c1-26-14-6-5-10(18)7-13(14)23-15(24)8-21-27-9-16(25)22-12-4-2-3-11(19)17(12)20/h2-8H,9H2,1H3,(H,22,25)(H,23,24)/b21-8+. The molecular formula is C17H14Cl3N3O4. The highest BCUT2D eigenvalue weighted by Gasteiger charge is 2.09. The fourth-order valence-electron chi connectivity index (χ4n) is 1.91. The van der Waals surface area contributed by atoms with Gasteiger partial charge < -0.3 is 20.2 Å². The van der Waals surface area contributed by atoms with Gasteiger partial charge in [0.05, 0.1) is 28.5 Å². The molecule has 2 aromatic rings. The summed E-state index contributed by atoms with van der Waals surface area (Å²) in [6.07, 6.45) is 0.875. The molecule has 2 aromatic carbocycles. The van der Waals surface area contributed by atoms with Crippen LogP contribution in [0.25, 0.3) is 0 Å². The highest BCUT2D eigenvalue weighted by atomic mass is 35.5. The summed E-state index contributed by atoms with van der Waals surface area (Å²) in [5, 5.41) is 9.43. The lowest BCUT2D eigenvalue weighted by atomic mass is 10.3. The number of rotatable bonds is 7. The van der Waals surface area contributed by atoms with Gasteiger partial charge in [-0.3, -0.25) is 9.59 Å². The zero-order chi connectivity index (χ0) is 19.8. The second kappa shape index (κ2) is 10.0. The topological polar surface area (TPSA) is 89.0 Å². The fraction of sp³-hybridized carbons (Fsp3) is 0.118. The molecule has 0 saturated heterocycles. The number of hydrogen-bond acceptors (Lipinski definition) is 5. The average molecular weight is 431 g/mol. The van der Waals surface area contributed by atoms with E-state index < -0.39 is 18.4 Å². The average Bonchev–Trinajstić information content (AvgIpc) is 2.63. The number of anilines is 2. The van der Waals surface area contributed by atoms with E-state index in [2.05, 4.69) is 15.8 Å². The number of oxime groups is 1. The maximum Gasteiger partial charge on any atom is 0.270 e. The summed E-state index contributed by atoms with van der Waals surface area (Å²) in [6.45, 7) is -0.424. The molecule has 2 amide bonds. The van der Waals surface area contributed by atoms with Crippen molar-refractivity contribution in [2.45, 2.75) is 0 Å². The summed E-state index contributed by atoms with van der Waals surface area (Å²) < 4.78 is 5.11. The molecule has 0 aliphatic carbocycles. The summed E-state index contributed by atoms with van der Waals surface area (Å²) in [7, 11) is 1.46. The Hall–Kier alpha value is -2.48. The quantitative estimate of drug-likeness (QED) is 0.508. The second-order valence-electron chi connectivity index (χ2n) is 4.99. The molecule has 0 unspecified atom stereocenters. The second-order valence-corrected chi connectivity index (χ2v) is 6.21. The largest absolute Gasteiger partial charge is 0.495 e. The molecule has 0 aliphatic rings. The zero-order valence-electron chi connectivity index (χ0n) is 14.0. The number of carbonyl (C=O) groups is 2. The van der Waals surface area contributed by atoms with Crippen molar-refractivity contribution >= 4 is 64.2 Å². The minimum atomic E-state index is -0.589. The minimum absolute atomic E-state index is 0.214. The number of benzene rings is 2. The molecule has 0 aliphatic heterocycles. The number of carbonyl (C=O) groups excluding carboxylic acids is 2. The normalized spacial score (nSPS) is 10.5. The molecule has 0 radical (unpaired) electrons. The van der Waals surface area contributed by atoms with Crippen molar-refractivity contribution in [1.82, 2.24) is 0 Å². The van der Waals surface area contributed by atoms with Crippen LogP contribution in [0.5, 0.6) is 5.75 Å². The molecule has 0 fully saturated rings. The van der Waals surface area contributed by atoms with Crippen molar-refractivity contribution < 1.29 is 19.2 Å². The van der Waals surface area contributed by atoms with Crippen molar-refractivity contribution in [1.29, 1.82) is 0 Å². The number of methoxy groups -OCH3 is 1. The highest BCUT2D eigenvalue weighted by Crippen LogP contribution is 2.29. The van der Waals surface area contributed by atoms with Crippen molar-refractivity contribution in [2.24, 2.45) is 5.16 Å². The molecule has 27 heavy (non-hydrogen) atoms. The van der Waals surface area contributed by atoms with E-state index in [4.69, 9.17) is 44.4 Å². The lowest BCUT2D eigenvalue weighted by molar-refractivity contribution is -0.120. The van der Waals surface area contributed by atoms with Gasteiger partial charge in [-0.05, 0) is 30.3 Å². The van der Waals surface area contributed by atoms with E-state index in [1.54, 1.807) is 30.3 Å². The predicted molar refractivity (Wildman–Crippen MR) is 106 cm³/mol. The first-order valence-corrected chi connectivity index (χ1v) is 8.58. The minimum Gasteiger partial charge on any atom is -0.495 e.